The van der Waals surface area contributed by atoms with Crippen molar-refractivity contribution < 1.29 is 14.3 Å². The second kappa shape index (κ2) is 10.3. The molecule has 162 valence electrons. The molecule has 1 atom stereocenters. The highest BCUT2D eigenvalue weighted by molar-refractivity contribution is 6.35. The third kappa shape index (κ3) is 5.99. The lowest BCUT2D eigenvalue weighted by atomic mass is 10.1. The second-order valence-corrected chi connectivity index (χ2v) is 7.50. The molecule has 1 N–H and O–H groups in total. The first-order valence-corrected chi connectivity index (χ1v) is 10.2. The van der Waals surface area contributed by atoms with Gasteiger partial charge in [0.25, 0.3) is 11.5 Å². The lowest BCUT2D eigenvalue weighted by Gasteiger charge is -2.16. The normalized spacial score (nSPS) is 11.6. The van der Waals surface area contributed by atoms with E-state index < -0.39 is 6.10 Å². The molecule has 1 amide bonds. The standard InChI is InChI=1S/C22H21Cl2N3O4/c1-14(31-20-8-5-16(23)11-18(20)24)22(29)25-9-10-27-13-26-19(12-21(27)28)15-3-6-17(30-2)7-4-15/h3-8,11-14H,9-10H2,1-2H3,(H,25,29). The van der Waals surface area contributed by atoms with Crippen molar-refractivity contribution in [1.82, 2.24) is 14.9 Å². The third-order valence-corrected chi connectivity index (χ3v) is 5.01. The summed E-state index contributed by atoms with van der Waals surface area (Å²) < 4.78 is 12.1. The summed E-state index contributed by atoms with van der Waals surface area (Å²) in [5.41, 5.74) is 1.16. The smallest absolute Gasteiger partial charge is 0.260 e. The van der Waals surface area contributed by atoms with Crippen molar-refractivity contribution in [2.24, 2.45) is 0 Å². The molecule has 9 heteroatoms. The topological polar surface area (TPSA) is 82.5 Å². The van der Waals surface area contributed by atoms with Gasteiger partial charge in [0.2, 0.25) is 0 Å². The number of carbonyl (C=O) groups is 1. The van der Waals surface area contributed by atoms with E-state index >= 15 is 0 Å². The molecule has 3 aromatic rings. The Morgan fingerprint density at radius 2 is 1.90 bits per heavy atom. The van der Waals surface area contributed by atoms with Crippen molar-refractivity contribution in [2.45, 2.75) is 19.6 Å². The molecule has 2 aromatic carbocycles. The van der Waals surface area contributed by atoms with E-state index in [1.54, 1.807) is 38.3 Å². The summed E-state index contributed by atoms with van der Waals surface area (Å²) in [6.45, 7) is 2.12. The van der Waals surface area contributed by atoms with E-state index in [0.29, 0.717) is 21.5 Å². The average Bonchev–Trinajstić information content (AvgIpc) is 2.76. The minimum absolute atomic E-state index is 0.215. The first-order chi connectivity index (χ1) is 14.9. The van der Waals surface area contributed by atoms with Crippen molar-refractivity contribution in [3.05, 3.63) is 75.3 Å². The first-order valence-electron chi connectivity index (χ1n) is 9.47. The van der Waals surface area contributed by atoms with E-state index in [1.807, 2.05) is 12.1 Å². The molecule has 0 aliphatic carbocycles. The molecule has 31 heavy (non-hydrogen) atoms. The summed E-state index contributed by atoms with van der Waals surface area (Å²) in [5, 5.41) is 3.53. The van der Waals surface area contributed by atoms with Crippen molar-refractivity contribution in [2.75, 3.05) is 13.7 Å². The van der Waals surface area contributed by atoms with Gasteiger partial charge in [-0.1, -0.05) is 23.2 Å². The quantitative estimate of drug-likeness (QED) is 0.551. The molecule has 0 saturated heterocycles. The highest BCUT2D eigenvalue weighted by Gasteiger charge is 2.16. The lowest BCUT2D eigenvalue weighted by Crippen LogP contribution is -2.38. The number of halogens is 2. The van der Waals surface area contributed by atoms with E-state index in [4.69, 9.17) is 32.7 Å². The van der Waals surface area contributed by atoms with Crippen LogP contribution in [-0.4, -0.2) is 35.2 Å². The summed E-state index contributed by atoms with van der Waals surface area (Å²) >= 11 is 11.9. The SMILES string of the molecule is COc1ccc(-c2cc(=O)n(CCNC(=O)C(C)Oc3ccc(Cl)cc3Cl)cn2)cc1. The van der Waals surface area contributed by atoms with Gasteiger partial charge in [-0.3, -0.25) is 14.2 Å². The maximum Gasteiger partial charge on any atom is 0.260 e. The van der Waals surface area contributed by atoms with Gasteiger partial charge in [-0.2, -0.15) is 0 Å². The van der Waals surface area contributed by atoms with Gasteiger partial charge >= 0.3 is 0 Å². The Hall–Kier alpha value is -3.03. The van der Waals surface area contributed by atoms with Gasteiger partial charge in [-0.25, -0.2) is 4.98 Å². The van der Waals surface area contributed by atoms with Crippen LogP contribution in [0.1, 0.15) is 6.92 Å². The molecule has 0 radical (unpaired) electrons. The van der Waals surface area contributed by atoms with E-state index in [-0.39, 0.29) is 24.6 Å². The Balaban J connectivity index is 1.54. The van der Waals surface area contributed by atoms with Gasteiger partial charge in [0.1, 0.15) is 11.5 Å². The molecule has 7 nitrogen and oxygen atoms in total. The van der Waals surface area contributed by atoms with Crippen LogP contribution in [0.15, 0.2) is 59.7 Å². The van der Waals surface area contributed by atoms with Gasteiger partial charge in [0.05, 0.1) is 24.2 Å². The van der Waals surface area contributed by atoms with E-state index in [9.17, 15) is 9.59 Å². The Labute approximate surface area is 189 Å². The fourth-order valence-corrected chi connectivity index (χ4v) is 3.22. The lowest BCUT2D eigenvalue weighted by molar-refractivity contribution is -0.127. The van der Waals surface area contributed by atoms with Crippen molar-refractivity contribution >= 4 is 29.1 Å². The maximum atomic E-state index is 12.4. The number of methoxy groups -OCH3 is 1. The largest absolute Gasteiger partial charge is 0.497 e. The van der Waals surface area contributed by atoms with Crippen molar-refractivity contribution in [3.8, 4) is 22.8 Å². The van der Waals surface area contributed by atoms with Crippen LogP contribution in [0.25, 0.3) is 11.3 Å². The number of nitrogens with zero attached hydrogens (tertiary/aromatic N) is 2. The fraction of sp³-hybridized carbons (Fsp3) is 0.227. The number of hydrogen-bond acceptors (Lipinski definition) is 5. The third-order valence-electron chi connectivity index (χ3n) is 4.48. The Morgan fingerprint density at radius 3 is 2.55 bits per heavy atom. The second-order valence-electron chi connectivity index (χ2n) is 6.66. The highest BCUT2D eigenvalue weighted by atomic mass is 35.5. The Bertz CT molecular complexity index is 1120. The number of carbonyl (C=O) groups excluding carboxylic acids is 1. The van der Waals surface area contributed by atoms with E-state index in [1.165, 1.54) is 23.0 Å². The zero-order chi connectivity index (χ0) is 22.4. The van der Waals surface area contributed by atoms with Crippen LogP contribution in [0, 0.1) is 0 Å². The predicted molar refractivity (Wildman–Crippen MR) is 120 cm³/mol. The Morgan fingerprint density at radius 1 is 1.16 bits per heavy atom. The molecule has 0 aliphatic heterocycles. The monoisotopic (exact) mass is 461 g/mol. The highest BCUT2D eigenvalue weighted by Crippen LogP contribution is 2.28. The predicted octanol–water partition coefficient (Wildman–Crippen LogP) is 3.81. The number of rotatable bonds is 8. The molecule has 1 aromatic heterocycles. The minimum atomic E-state index is -0.772. The van der Waals surface area contributed by atoms with Crippen molar-refractivity contribution in [1.29, 1.82) is 0 Å². The molecule has 0 fully saturated rings. The van der Waals surface area contributed by atoms with Gasteiger partial charge in [-0.05, 0) is 49.4 Å². The molecule has 3 rings (SSSR count). The zero-order valence-electron chi connectivity index (χ0n) is 17.0. The fourth-order valence-electron chi connectivity index (χ4n) is 2.77. The summed E-state index contributed by atoms with van der Waals surface area (Å²) in [7, 11) is 1.59. The number of aromatic nitrogens is 2. The summed E-state index contributed by atoms with van der Waals surface area (Å²) in [5.74, 6) is 0.759. The van der Waals surface area contributed by atoms with Crippen LogP contribution in [0.2, 0.25) is 10.0 Å². The Kier molecular flexibility index (Phi) is 7.55. The summed E-state index contributed by atoms with van der Waals surface area (Å²) in [6, 6.07) is 13.5. The molecular formula is C22H21Cl2N3O4. The number of benzene rings is 2. The minimum Gasteiger partial charge on any atom is -0.497 e. The molecule has 0 bridgehead atoms. The average molecular weight is 462 g/mol. The first kappa shape index (κ1) is 22.7. The molecule has 0 spiro atoms. The molecular weight excluding hydrogens is 441 g/mol. The maximum absolute atomic E-state index is 12.4. The zero-order valence-corrected chi connectivity index (χ0v) is 18.5. The van der Waals surface area contributed by atoms with Crippen LogP contribution < -0.4 is 20.3 Å². The van der Waals surface area contributed by atoms with Crippen molar-refractivity contribution in [3.63, 3.8) is 0 Å². The molecule has 1 heterocycles. The van der Waals surface area contributed by atoms with Crippen LogP contribution in [-0.2, 0) is 11.3 Å². The number of ether oxygens (including phenoxy) is 2. The number of hydrogen-bond donors (Lipinski definition) is 1. The van der Waals surface area contributed by atoms with E-state index in [0.717, 1.165) is 11.3 Å². The van der Waals surface area contributed by atoms with Crippen LogP contribution in [0.4, 0.5) is 0 Å². The summed E-state index contributed by atoms with van der Waals surface area (Å²) in [4.78, 5) is 29.0. The van der Waals surface area contributed by atoms with Crippen LogP contribution in [0.3, 0.4) is 0 Å². The number of amides is 1. The van der Waals surface area contributed by atoms with Crippen LogP contribution in [0.5, 0.6) is 11.5 Å². The summed E-state index contributed by atoms with van der Waals surface area (Å²) in [6.07, 6.45) is 0.688. The molecule has 0 saturated carbocycles. The van der Waals surface area contributed by atoms with Crippen LogP contribution >= 0.6 is 23.2 Å². The van der Waals surface area contributed by atoms with Gasteiger partial charge < -0.3 is 14.8 Å². The van der Waals surface area contributed by atoms with Gasteiger partial charge in [-0.15, -0.1) is 0 Å². The van der Waals surface area contributed by atoms with Gasteiger partial charge in [0, 0.05) is 29.7 Å². The molecule has 0 aliphatic rings. The van der Waals surface area contributed by atoms with E-state index in [2.05, 4.69) is 10.3 Å². The van der Waals surface area contributed by atoms with Gasteiger partial charge in [0.15, 0.2) is 6.10 Å². The number of nitrogens with one attached hydrogen (secondary N) is 1. The molecule has 1 unspecified atom stereocenters.